The molecule has 0 amide bonds. The first-order chi connectivity index (χ1) is 12.8. The number of hydrogen-bond donors (Lipinski definition) is 0. The number of nitrogens with zero attached hydrogens (tertiary/aromatic N) is 2. The van der Waals surface area contributed by atoms with Gasteiger partial charge >= 0.3 is 0 Å². The van der Waals surface area contributed by atoms with E-state index in [0.717, 1.165) is 0 Å². The summed E-state index contributed by atoms with van der Waals surface area (Å²) in [5.74, 6) is 1.12. The van der Waals surface area contributed by atoms with Crippen molar-refractivity contribution in [1.82, 2.24) is 9.78 Å². The molecular weight excluding hydrogens is 392 g/mol. The number of fused-ring (bicyclic) bond motifs is 1. The average molecular weight is 409 g/mol. The van der Waals surface area contributed by atoms with E-state index in [-0.39, 0.29) is 30.1 Å². The maximum Gasteiger partial charge on any atom is 0.231 e. The Hall–Kier alpha value is -2.32. The molecule has 4 rings (SSSR count). The highest BCUT2D eigenvalue weighted by Crippen LogP contribution is 2.33. The van der Waals surface area contributed by atoms with Crippen molar-refractivity contribution in [3.05, 3.63) is 46.2 Å². The lowest BCUT2D eigenvalue weighted by Crippen LogP contribution is -2.12. The number of aryl methyl sites for hydroxylation is 1. The molecule has 27 heavy (non-hydrogen) atoms. The third kappa shape index (κ3) is 3.46. The van der Waals surface area contributed by atoms with Crippen molar-refractivity contribution in [3.8, 4) is 11.5 Å². The Balaban J connectivity index is 1.56. The molecule has 0 aliphatic carbocycles. The van der Waals surface area contributed by atoms with E-state index >= 15 is 0 Å². The molecule has 1 saturated heterocycles. The van der Waals surface area contributed by atoms with Crippen LogP contribution in [0.5, 0.6) is 11.5 Å². The summed E-state index contributed by atoms with van der Waals surface area (Å²) in [6.07, 6.45) is 3.52. The molecule has 142 valence electrons. The lowest BCUT2D eigenvalue weighted by atomic mass is 10.1. The van der Waals surface area contributed by atoms with Crippen molar-refractivity contribution in [1.29, 1.82) is 0 Å². The molecule has 1 atom stereocenters. The zero-order valence-corrected chi connectivity index (χ0v) is 16.1. The van der Waals surface area contributed by atoms with E-state index in [4.69, 9.17) is 21.1 Å². The smallest absolute Gasteiger partial charge is 0.231 e. The average Bonchev–Trinajstić information content (AvgIpc) is 3.30. The van der Waals surface area contributed by atoms with Crippen LogP contribution < -0.4 is 9.47 Å². The molecule has 1 aromatic heterocycles. The molecule has 0 saturated carbocycles. The highest BCUT2D eigenvalue weighted by Gasteiger charge is 2.31. The second-order valence-electron chi connectivity index (χ2n) is 6.56. The van der Waals surface area contributed by atoms with Crippen LogP contribution in [0.1, 0.15) is 34.1 Å². The Morgan fingerprint density at radius 1 is 1.33 bits per heavy atom. The largest absolute Gasteiger partial charge is 0.454 e. The van der Waals surface area contributed by atoms with Crippen LogP contribution in [0.4, 0.5) is 0 Å². The van der Waals surface area contributed by atoms with Crippen LogP contribution in [-0.2, 0) is 9.84 Å². The highest BCUT2D eigenvalue weighted by molar-refractivity contribution is 7.91. The first-order valence-corrected chi connectivity index (χ1v) is 10.6. The molecule has 2 aliphatic heterocycles. The minimum Gasteiger partial charge on any atom is -0.454 e. The van der Waals surface area contributed by atoms with Crippen LogP contribution in [0.15, 0.2) is 24.3 Å². The molecule has 2 aromatic rings. The maximum atomic E-state index is 12.5. The van der Waals surface area contributed by atoms with Gasteiger partial charge in [-0.15, -0.1) is 0 Å². The molecule has 2 aliphatic rings. The first-order valence-electron chi connectivity index (χ1n) is 8.41. The predicted octanol–water partition coefficient (Wildman–Crippen LogP) is 2.83. The number of hydrogen-bond acceptors (Lipinski definition) is 6. The number of rotatable bonds is 4. The van der Waals surface area contributed by atoms with E-state index < -0.39 is 9.84 Å². The predicted molar refractivity (Wildman–Crippen MR) is 100 cm³/mol. The van der Waals surface area contributed by atoms with E-state index in [1.807, 2.05) is 0 Å². The van der Waals surface area contributed by atoms with Crippen molar-refractivity contribution in [2.75, 3.05) is 18.3 Å². The standard InChI is InChI=1S/C18H17ClN2O5S/c1-11-14(18(19)21(20-11)13-6-7-27(23,24)9-13)3-4-15(22)12-2-5-16-17(8-12)26-10-25-16/h2-5,8,13H,6-7,9-10H2,1H3/b4-3+/t13-/m0/s1. The van der Waals surface area contributed by atoms with Crippen LogP contribution in [0.2, 0.25) is 5.15 Å². The third-order valence-electron chi connectivity index (χ3n) is 4.68. The summed E-state index contributed by atoms with van der Waals surface area (Å²) < 4.78 is 35.5. The number of carbonyl (C=O) groups excluding carboxylic acids is 1. The molecule has 0 N–H and O–H groups in total. The second kappa shape index (κ2) is 6.69. The zero-order chi connectivity index (χ0) is 19.2. The van der Waals surface area contributed by atoms with Gasteiger partial charge in [0.15, 0.2) is 27.1 Å². The topological polar surface area (TPSA) is 87.5 Å². The van der Waals surface area contributed by atoms with Crippen molar-refractivity contribution < 1.29 is 22.7 Å². The van der Waals surface area contributed by atoms with E-state index in [0.29, 0.717) is 39.9 Å². The molecular formula is C18H17ClN2O5S. The summed E-state index contributed by atoms with van der Waals surface area (Å²) in [6, 6.07) is 4.73. The summed E-state index contributed by atoms with van der Waals surface area (Å²) in [7, 11) is -3.04. The Morgan fingerprint density at radius 2 is 2.11 bits per heavy atom. The van der Waals surface area contributed by atoms with Crippen LogP contribution in [0.3, 0.4) is 0 Å². The monoisotopic (exact) mass is 408 g/mol. The summed E-state index contributed by atoms with van der Waals surface area (Å²) in [4.78, 5) is 12.5. The summed E-state index contributed by atoms with van der Waals surface area (Å²) in [6.45, 7) is 1.92. The lowest BCUT2D eigenvalue weighted by Gasteiger charge is -2.09. The van der Waals surface area contributed by atoms with Gasteiger partial charge in [0.1, 0.15) is 5.15 Å². The SMILES string of the molecule is Cc1nn([C@H]2CCS(=O)(=O)C2)c(Cl)c1/C=C/C(=O)c1ccc2c(c1)OCO2. The Kier molecular flexibility index (Phi) is 4.47. The van der Waals surface area contributed by atoms with E-state index in [1.54, 1.807) is 35.9 Å². The molecule has 3 heterocycles. The van der Waals surface area contributed by atoms with Gasteiger partial charge < -0.3 is 9.47 Å². The number of allylic oxidation sites excluding steroid dienone is 1. The summed E-state index contributed by atoms with van der Waals surface area (Å²) in [5.41, 5.74) is 1.72. The van der Waals surface area contributed by atoms with Gasteiger partial charge in [0.05, 0.1) is 23.2 Å². The summed E-state index contributed by atoms with van der Waals surface area (Å²) in [5, 5.41) is 4.71. The van der Waals surface area contributed by atoms with Gasteiger partial charge in [0, 0.05) is 11.1 Å². The fraction of sp³-hybridized carbons (Fsp3) is 0.333. The number of ketones is 1. The second-order valence-corrected chi connectivity index (χ2v) is 9.14. The Morgan fingerprint density at radius 3 is 2.85 bits per heavy atom. The van der Waals surface area contributed by atoms with Gasteiger partial charge in [-0.05, 0) is 43.7 Å². The molecule has 9 heteroatoms. The normalized spacial score (nSPS) is 20.4. The first kappa shape index (κ1) is 18.1. The van der Waals surface area contributed by atoms with E-state index in [1.165, 1.54) is 6.08 Å². The van der Waals surface area contributed by atoms with E-state index in [2.05, 4.69) is 5.10 Å². The van der Waals surface area contributed by atoms with Gasteiger partial charge in [-0.1, -0.05) is 11.6 Å². The van der Waals surface area contributed by atoms with Crippen LogP contribution in [0.25, 0.3) is 6.08 Å². The molecule has 0 bridgehead atoms. The van der Waals surface area contributed by atoms with Gasteiger partial charge in [0.25, 0.3) is 0 Å². The molecule has 0 unspecified atom stereocenters. The third-order valence-corrected chi connectivity index (χ3v) is 6.81. The van der Waals surface area contributed by atoms with Gasteiger partial charge in [-0.2, -0.15) is 5.10 Å². The van der Waals surface area contributed by atoms with Gasteiger partial charge in [-0.25, -0.2) is 13.1 Å². The van der Waals surface area contributed by atoms with Crippen molar-refractivity contribution in [2.24, 2.45) is 0 Å². The quantitative estimate of drug-likeness (QED) is 0.571. The van der Waals surface area contributed by atoms with Crippen molar-refractivity contribution in [3.63, 3.8) is 0 Å². The molecule has 0 radical (unpaired) electrons. The van der Waals surface area contributed by atoms with Crippen LogP contribution in [-0.4, -0.2) is 42.3 Å². The number of benzene rings is 1. The molecule has 7 nitrogen and oxygen atoms in total. The minimum atomic E-state index is -3.04. The Bertz CT molecular complexity index is 1060. The van der Waals surface area contributed by atoms with E-state index in [9.17, 15) is 13.2 Å². The molecule has 0 spiro atoms. The maximum absolute atomic E-state index is 12.5. The molecule has 1 fully saturated rings. The van der Waals surface area contributed by atoms with Crippen LogP contribution in [0, 0.1) is 6.92 Å². The number of aromatic nitrogens is 2. The zero-order valence-electron chi connectivity index (χ0n) is 14.5. The fourth-order valence-electron chi connectivity index (χ4n) is 3.24. The lowest BCUT2D eigenvalue weighted by molar-refractivity contribution is 0.104. The van der Waals surface area contributed by atoms with Crippen LogP contribution >= 0.6 is 11.6 Å². The molecule has 1 aromatic carbocycles. The number of carbonyl (C=O) groups is 1. The van der Waals surface area contributed by atoms with Crippen molar-refractivity contribution >= 4 is 33.3 Å². The summed E-state index contributed by atoms with van der Waals surface area (Å²) >= 11 is 6.42. The minimum absolute atomic E-state index is 0.0348. The number of sulfone groups is 1. The van der Waals surface area contributed by atoms with Gasteiger partial charge in [0.2, 0.25) is 6.79 Å². The van der Waals surface area contributed by atoms with Gasteiger partial charge in [-0.3, -0.25) is 4.79 Å². The van der Waals surface area contributed by atoms with Crippen molar-refractivity contribution in [2.45, 2.75) is 19.4 Å². The highest BCUT2D eigenvalue weighted by atomic mass is 35.5. The Labute approximate surface area is 161 Å². The number of ether oxygens (including phenoxy) is 2. The number of halogens is 1. The fourth-order valence-corrected chi connectivity index (χ4v) is 5.30.